The number of unbranched alkanes of at least 4 members (excludes halogenated alkanes) is 15. The fourth-order valence-electron chi connectivity index (χ4n) is 7.14. The predicted octanol–water partition coefficient (Wildman–Crippen LogP) is 8.49. The van der Waals surface area contributed by atoms with Gasteiger partial charge in [-0.15, -0.1) is 0 Å². The zero-order chi connectivity index (χ0) is 34.5. The maximum absolute atomic E-state index is 13.2. The van der Waals surface area contributed by atoms with E-state index in [-0.39, 0.29) is 30.4 Å². The molecule has 1 saturated carbocycles. The normalized spacial score (nSPS) is 23.0. The summed E-state index contributed by atoms with van der Waals surface area (Å²) in [6, 6.07) is -0.480. The number of aliphatic carboxylic acids is 1. The Morgan fingerprint density at radius 1 is 0.745 bits per heavy atom. The van der Waals surface area contributed by atoms with E-state index >= 15 is 0 Å². The first-order valence-electron chi connectivity index (χ1n) is 19.3. The molecule has 2 fully saturated rings. The number of nitrogens with one attached hydrogen (secondary N) is 3. The fourth-order valence-corrected chi connectivity index (χ4v) is 7.14. The molecule has 4 N–H and O–H groups in total. The molecule has 274 valence electrons. The Kier molecular flexibility index (Phi) is 20.0. The van der Waals surface area contributed by atoms with Crippen LogP contribution in [0, 0.1) is 17.3 Å². The quantitative estimate of drug-likeness (QED) is 0.0641. The van der Waals surface area contributed by atoms with E-state index in [1.54, 1.807) is 13.8 Å². The number of hydrogen-bond acceptors (Lipinski definition) is 5. The minimum atomic E-state index is -0.954. The summed E-state index contributed by atoms with van der Waals surface area (Å²) >= 11 is 0. The van der Waals surface area contributed by atoms with Gasteiger partial charge in [-0.3, -0.25) is 9.59 Å². The van der Waals surface area contributed by atoms with Gasteiger partial charge in [0.2, 0.25) is 5.91 Å². The molecule has 1 aliphatic heterocycles. The molecule has 0 aromatic carbocycles. The van der Waals surface area contributed by atoms with Gasteiger partial charge in [0, 0.05) is 24.5 Å². The molecule has 1 heterocycles. The third-order valence-electron chi connectivity index (χ3n) is 10.2. The standard InChI is InChI=1S/C38H71N3O6/c1-6-7-8-9-10-11-12-13-14-15-16-17-18-19-20-24-27-39-36(45)41-32-26-23-21-22-25-30(32)31(35(43)44)28-40-34(42)33-37(2,3)29-46-38(4,5)47-33/h30-33H,6-29H2,1-5H3,(H,40,42)(H,43,44)(H2,39,41,45). The lowest BCUT2D eigenvalue weighted by Crippen LogP contribution is -2.57. The molecule has 3 amide bonds. The van der Waals surface area contributed by atoms with Gasteiger partial charge in [-0.2, -0.15) is 0 Å². The molecule has 9 nitrogen and oxygen atoms in total. The Balaban J connectivity index is 1.65. The molecule has 9 heteroatoms. The van der Waals surface area contributed by atoms with Crippen molar-refractivity contribution in [1.29, 1.82) is 0 Å². The van der Waals surface area contributed by atoms with Gasteiger partial charge in [-0.1, -0.05) is 136 Å². The van der Waals surface area contributed by atoms with Crippen molar-refractivity contribution < 1.29 is 29.0 Å². The van der Waals surface area contributed by atoms with Gasteiger partial charge in [0.25, 0.3) is 0 Å². The molecule has 0 aromatic heterocycles. The van der Waals surface area contributed by atoms with E-state index in [2.05, 4.69) is 22.9 Å². The molecular weight excluding hydrogens is 594 g/mol. The third-order valence-corrected chi connectivity index (χ3v) is 10.2. The smallest absolute Gasteiger partial charge is 0.315 e. The van der Waals surface area contributed by atoms with E-state index in [1.807, 2.05) is 13.8 Å². The summed E-state index contributed by atoms with van der Waals surface area (Å²) in [6.45, 7) is 10.6. The number of hydrogen-bond donors (Lipinski definition) is 4. The number of ether oxygens (including phenoxy) is 2. The molecule has 4 unspecified atom stereocenters. The van der Waals surface area contributed by atoms with Crippen LogP contribution in [0.2, 0.25) is 0 Å². The average molecular weight is 666 g/mol. The summed E-state index contributed by atoms with van der Waals surface area (Å²) < 4.78 is 11.7. The fraction of sp³-hybridized carbons (Fsp3) is 0.921. The highest BCUT2D eigenvalue weighted by atomic mass is 16.7. The van der Waals surface area contributed by atoms with Crippen molar-refractivity contribution in [3.63, 3.8) is 0 Å². The molecule has 4 atom stereocenters. The first-order chi connectivity index (χ1) is 22.5. The van der Waals surface area contributed by atoms with Gasteiger partial charge in [0.15, 0.2) is 5.79 Å². The number of carbonyl (C=O) groups excluding carboxylic acids is 2. The van der Waals surface area contributed by atoms with E-state index in [0.717, 1.165) is 38.5 Å². The van der Waals surface area contributed by atoms with Crippen LogP contribution >= 0.6 is 0 Å². The number of carboxylic acids is 1. The maximum Gasteiger partial charge on any atom is 0.315 e. The molecule has 2 aliphatic rings. The second kappa shape index (κ2) is 22.7. The number of amides is 3. The van der Waals surface area contributed by atoms with E-state index in [0.29, 0.717) is 19.6 Å². The largest absolute Gasteiger partial charge is 0.481 e. The minimum Gasteiger partial charge on any atom is -0.481 e. The van der Waals surface area contributed by atoms with Crippen LogP contribution < -0.4 is 16.0 Å². The first kappa shape index (κ1) is 41.3. The molecular formula is C38H71N3O6. The Labute approximate surface area is 286 Å². The Hall–Kier alpha value is -1.87. The lowest BCUT2D eigenvalue weighted by molar-refractivity contribution is -0.304. The van der Waals surface area contributed by atoms with Crippen molar-refractivity contribution in [2.45, 2.75) is 187 Å². The molecule has 2 rings (SSSR count). The Bertz CT molecular complexity index is 895. The summed E-state index contributed by atoms with van der Waals surface area (Å²) in [5.41, 5.74) is -0.546. The van der Waals surface area contributed by atoms with Gasteiger partial charge in [-0.05, 0) is 39.0 Å². The van der Waals surface area contributed by atoms with Gasteiger partial charge >= 0.3 is 12.0 Å². The third kappa shape index (κ3) is 16.9. The molecule has 1 aliphatic carbocycles. The highest BCUT2D eigenvalue weighted by molar-refractivity contribution is 5.82. The van der Waals surface area contributed by atoms with E-state index in [1.165, 1.54) is 89.9 Å². The van der Waals surface area contributed by atoms with Gasteiger partial charge in [0.1, 0.15) is 6.10 Å². The highest BCUT2D eigenvalue weighted by Crippen LogP contribution is 2.35. The highest BCUT2D eigenvalue weighted by Gasteiger charge is 2.46. The summed E-state index contributed by atoms with van der Waals surface area (Å²) in [5.74, 6) is -3.24. The summed E-state index contributed by atoms with van der Waals surface area (Å²) in [6.07, 6.45) is 24.6. The molecule has 1 saturated heterocycles. The molecule has 0 radical (unpaired) electrons. The van der Waals surface area contributed by atoms with Crippen LogP contribution in [0.5, 0.6) is 0 Å². The van der Waals surface area contributed by atoms with Crippen molar-refractivity contribution >= 4 is 17.9 Å². The van der Waals surface area contributed by atoms with E-state index in [4.69, 9.17) is 9.47 Å². The van der Waals surface area contributed by atoms with Gasteiger partial charge < -0.3 is 30.5 Å². The number of rotatable bonds is 23. The lowest BCUT2D eigenvalue weighted by Gasteiger charge is -2.44. The van der Waals surface area contributed by atoms with E-state index in [9.17, 15) is 19.5 Å². The maximum atomic E-state index is 13.2. The van der Waals surface area contributed by atoms with Gasteiger partial charge in [-0.25, -0.2) is 4.79 Å². The van der Waals surface area contributed by atoms with E-state index < -0.39 is 29.2 Å². The molecule has 0 bridgehead atoms. The predicted molar refractivity (Wildman–Crippen MR) is 189 cm³/mol. The van der Waals surface area contributed by atoms with Crippen molar-refractivity contribution in [2.24, 2.45) is 17.3 Å². The van der Waals surface area contributed by atoms with Crippen molar-refractivity contribution in [1.82, 2.24) is 16.0 Å². The van der Waals surface area contributed by atoms with Crippen LogP contribution in [-0.2, 0) is 19.1 Å². The molecule has 0 aromatic rings. The van der Waals surface area contributed by atoms with Crippen LogP contribution in [0.1, 0.15) is 169 Å². The minimum absolute atomic E-state index is 0.00491. The van der Waals surface area contributed by atoms with Crippen LogP contribution in [0.25, 0.3) is 0 Å². The lowest BCUT2D eigenvalue weighted by atomic mass is 9.82. The second-order valence-electron chi connectivity index (χ2n) is 15.5. The zero-order valence-electron chi connectivity index (χ0n) is 30.8. The van der Waals surface area contributed by atoms with Crippen LogP contribution in [0.15, 0.2) is 0 Å². The van der Waals surface area contributed by atoms with Crippen molar-refractivity contribution in [2.75, 3.05) is 19.7 Å². The Morgan fingerprint density at radius 3 is 1.83 bits per heavy atom. The van der Waals surface area contributed by atoms with Gasteiger partial charge in [0.05, 0.1) is 12.5 Å². The number of carboxylic acid groups (broad SMARTS) is 1. The monoisotopic (exact) mass is 666 g/mol. The summed E-state index contributed by atoms with van der Waals surface area (Å²) in [7, 11) is 0. The second-order valence-corrected chi connectivity index (χ2v) is 15.5. The number of carbonyl (C=O) groups is 3. The number of urea groups is 1. The van der Waals surface area contributed by atoms with Crippen molar-refractivity contribution in [3.8, 4) is 0 Å². The molecule has 47 heavy (non-hydrogen) atoms. The van der Waals surface area contributed by atoms with Crippen LogP contribution in [-0.4, -0.2) is 60.6 Å². The average Bonchev–Trinajstić information content (AvgIpc) is 3.25. The van der Waals surface area contributed by atoms with Crippen molar-refractivity contribution in [3.05, 3.63) is 0 Å². The first-order valence-corrected chi connectivity index (χ1v) is 19.3. The molecule has 0 spiro atoms. The summed E-state index contributed by atoms with van der Waals surface area (Å²) in [4.78, 5) is 38.5. The summed E-state index contributed by atoms with van der Waals surface area (Å²) in [5, 5.41) is 19.2. The zero-order valence-corrected chi connectivity index (χ0v) is 30.8. The Morgan fingerprint density at radius 2 is 1.28 bits per heavy atom. The van der Waals surface area contributed by atoms with Crippen LogP contribution in [0.4, 0.5) is 4.79 Å². The van der Waals surface area contributed by atoms with Crippen LogP contribution in [0.3, 0.4) is 0 Å². The SMILES string of the molecule is CCCCCCCCCCCCCCCCCCNC(=O)NC1CCCCCC1C(CNC(=O)C1OC(C)(C)OCC1(C)C)C(=O)O. The topological polar surface area (TPSA) is 126 Å².